The lowest BCUT2D eigenvalue weighted by atomic mass is 10.0. The second-order valence-corrected chi connectivity index (χ2v) is 7.15. The predicted molar refractivity (Wildman–Crippen MR) is 109 cm³/mol. The maximum absolute atomic E-state index is 12.4. The number of nitrogens with one attached hydrogen (secondary N) is 3. The first-order valence-corrected chi connectivity index (χ1v) is 9.30. The number of benzene rings is 2. The Morgan fingerprint density at radius 1 is 1.04 bits per heavy atom. The summed E-state index contributed by atoms with van der Waals surface area (Å²) in [7, 11) is 0. The van der Waals surface area contributed by atoms with E-state index in [-0.39, 0.29) is 5.92 Å². The van der Waals surface area contributed by atoms with Crippen LogP contribution in [-0.4, -0.2) is 22.9 Å². The molecule has 6 nitrogen and oxygen atoms in total. The van der Waals surface area contributed by atoms with Crippen LogP contribution in [0.3, 0.4) is 0 Å². The summed E-state index contributed by atoms with van der Waals surface area (Å²) in [4.78, 5) is 27.8. The Balaban J connectivity index is 1.63. The second kappa shape index (κ2) is 8.17. The van der Waals surface area contributed by atoms with E-state index in [0.717, 1.165) is 22.0 Å². The largest absolute Gasteiger partial charge is 0.481 e. The number of aromatic nitrogens is 1. The van der Waals surface area contributed by atoms with E-state index in [0.29, 0.717) is 11.3 Å². The standard InChI is InChI=1S/C22H25N3O3/c1-13(2)16-10-9-14(3)11-20(16)28-15(4)21(26)24-25-22(27)18-12-23-19-8-6-5-7-17(18)19/h5-13,15,23H,1-4H3,(H,24,26)(H,25,27). The summed E-state index contributed by atoms with van der Waals surface area (Å²) in [5.41, 5.74) is 8.31. The maximum atomic E-state index is 12.4. The van der Waals surface area contributed by atoms with Gasteiger partial charge in [0.1, 0.15) is 5.75 Å². The zero-order chi connectivity index (χ0) is 20.3. The molecule has 0 saturated carbocycles. The van der Waals surface area contributed by atoms with Crippen molar-refractivity contribution in [1.29, 1.82) is 0 Å². The summed E-state index contributed by atoms with van der Waals surface area (Å²) in [6.07, 6.45) is 0.857. The molecule has 1 aromatic heterocycles. The molecule has 0 aliphatic heterocycles. The Labute approximate surface area is 164 Å². The topological polar surface area (TPSA) is 83.2 Å². The van der Waals surface area contributed by atoms with Crippen molar-refractivity contribution in [3.8, 4) is 5.75 Å². The Kier molecular flexibility index (Phi) is 5.68. The van der Waals surface area contributed by atoms with Gasteiger partial charge in [-0.3, -0.25) is 20.4 Å². The lowest BCUT2D eigenvalue weighted by Crippen LogP contribution is -2.47. The Morgan fingerprint density at radius 2 is 1.79 bits per heavy atom. The third-order valence-electron chi connectivity index (χ3n) is 4.60. The highest BCUT2D eigenvalue weighted by atomic mass is 16.5. The zero-order valence-corrected chi connectivity index (χ0v) is 16.5. The third kappa shape index (κ3) is 4.17. The summed E-state index contributed by atoms with van der Waals surface area (Å²) in [6, 6.07) is 13.4. The van der Waals surface area contributed by atoms with E-state index in [1.165, 1.54) is 0 Å². The molecule has 3 rings (SSSR count). The number of aromatic amines is 1. The molecule has 0 spiro atoms. The molecule has 0 bridgehead atoms. The zero-order valence-electron chi connectivity index (χ0n) is 16.5. The van der Waals surface area contributed by atoms with Crippen molar-refractivity contribution in [2.24, 2.45) is 0 Å². The molecular weight excluding hydrogens is 354 g/mol. The minimum absolute atomic E-state index is 0.271. The number of carbonyl (C=O) groups is 2. The van der Waals surface area contributed by atoms with E-state index in [2.05, 4.69) is 29.7 Å². The first-order chi connectivity index (χ1) is 13.4. The average Bonchev–Trinajstić information content (AvgIpc) is 3.09. The van der Waals surface area contributed by atoms with Gasteiger partial charge in [-0.05, 0) is 43.0 Å². The van der Waals surface area contributed by atoms with Crippen LogP contribution in [-0.2, 0) is 4.79 Å². The van der Waals surface area contributed by atoms with E-state index in [4.69, 9.17) is 4.74 Å². The van der Waals surface area contributed by atoms with Crippen LogP contribution < -0.4 is 15.6 Å². The number of amides is 2. The monoisotopic (exact) mass is 379 g/mol. The van der Waals surface area contributed by atoms with Crippen LogP contribution in [0.5, 0.6) is 5.75 Å². The first-order valence-electron chi connectivity index (χ1n) is 9.30. The van der Waals surface area contributed by atoms with Crippen molar-refractivity contribution >= 4 is 22.7 Å². The lowest BCUT2D eigenvalue weighted by Gasteiger charge is -2.19. The molecule has 0 aliphatic carbocycles. The predicted octanol–water partition coefficient (Wildman–Crippen LogP) is 3.83. The molecule has 0 fully saturated rings. The molecule has 3 N–H and O–H groups in total. The van der Waals surface area contributed by atoms with Crippen molar-refractivity contribution in [3.05, 3.63) is 65.4 Å². The number of rotatable bonds is 5. The number of hydrazine groups is 1. The van der Waals surface area contributed by atoms with Crippen LogP contribution in [0.25, 0.3) is 10.9 Å². The van der Waals surface area contributed by atoms with Crippen LogP contribution in [0.2, 0.25) is 0 Å². The molecule has 1 unspecified atom stereocenters. The second-order valence-electron chi connectivity index (χ2n) is 7.15. The van der Waals surface area contributed by atoms with Crippen molar-refractivity contribution < 1.29 is 14.3 Å². The number of hydrogen-bond donors (Lipinski definition) is 3. The summed E-state index contributed by atoms with van der Waals surface area (Å²) < 4.78 is 5.87. The van der Waals surface area contributed by atoms with E-state index in [1.54, 1.807) is 13.1 Å². The summed E-state index contributed by atoms with van der Waals surface area (Å²) in [5, 5.41) is 0.792. The lowest BCUT2D eigenvalue weighted by molar-refractivity contribution is -0.128. The van der Waals surface area contributed by atoms with Gasteiger partial charge in [0.05, 0.1) is 5.56 Å². The van der Waals surface area contributed by atoms with Crippen LogP contribution in [0.4, 0.5) is 0 Å². The molecule has 1 atom stereocenters. The normalized spacial score (nSPS) is 12.0. The number of ether oxygens (including phenoxy) is 1. The van der Waals surface area contributed by atoms with Gasteiger partial charge in [0.25, 0.3) is 11.8 Å². The molecule has 3 aromatic rings. The van der Waals surface area contributed by atoms with E-state index < -0.39 is 17.9 Å². The molecular formula is C22H25N3O3. The first kappa shape index (κ1) is 19.5. The number of aryl methyl sites for hydroxylation is 1. The van der Waals surface area contributed by atoms with Gasteiger partial charge in [0, 0.05) is 17.1 Å². The van der Waals surface area contributed by atoms with Crippen LogP contribution in [0.15, 0.2) is 48.7 Å². The number of H-pyrrole nitrogens is 1. The fourth-order valence-corrected chi connectivity index (χ4v) is 3.01. The van der Waals surface area contributed by atoms with Crippen LogP contribution in [0.1, 0.15) is 48.2 Å². The molecule has 6 heteroatoms. The number of para-hydroxylation sites is 1. The van der Waals surface area contributed by atoms with E-state index >= 15 is 0 Å². The number of carbonyl (C=O) groups excluding carboxylic acids is 2. The summed E-state index contributed by atoms with van der Waals surface area (Å²) in [5.74, 6) is 0.133. The van der Waals surface area contributed by atoms with Crippen LogP contribution >= 0.6 is 0 Å². The quantitative estimate of drug-likeness (QED) is 0.589. The molecule has 0 aliphatic rings. The molecule has 1 heterocycles. The van der Waals surface area contributed by atoms with Crippen LogP contribution in [0, 0.1) is 6.92 Å². The van der Waals surface area contributed by atoms with Crippen molar-refractivity contribution in [1.82, 2.24) is 15.8 Å². The van der Waals surface area contributed by atoms with Gasteiger partial charge in [-0.15, -0.1) is 0 Å². The Bertz CT molecular complexity index is 1010. The maximum Gasteiger partial charge on any atom is 0.279 e. The van der Waals surface area contributed by atoms with Gasteiger partial charge in [-0.1, -0.05) is 44.2 Å². The molecule has 0 radical (unpaired) electrons. The van der Waals surface area contributed by atoms with Crippen molar-refractivity contribution in [2.45, 2.75) is 39.7 Å². The molecule has 146 valence electrons. The molecule has 28 heavy (non-hydrogen) atoms. The van der Waals surface area contributed by atoms with Gasteiger partial charge in [0.15, 0.2) is 6.10 Å². The van der Waals surface area contributed by atoms with Crippen molar-refractivity contribution in [3.63, 3.8) is 0 Å². The van der Waals surface area contributed by atoms with E-state index in [9.17, 15) is 9.59 Å². The smallest absolute Gasteiger partial charge is 0.279 e. The highest BCUT2D eigenvalue weighted by Crippen LogP contribution is 2.28. The van der Waals surface area contributed by atoms with Gasteiger partial charge < -0.3 is 9.72 Å². The van der Waals surface area contributed by atoms with E-state index in [1.807, 2.05) is 49.4 Å². The highest BCUT2D eigenvalue weighted by molar-refractivity contribution is 6.07. The van der Waals surface area contributed by atoms with Gasteiger partial charge in [-0.25, -0.2) is 0 Å². The summed E-state index contributed by atoms with van der Waals surface area (Å²) >= 11 is 0. The molecule has 2 aromatic carbocycles. The fraction of sp³-hybridized carbons (Fsp3) is 0.273. The third-order valence-corrected chi connectivity index (χ3v) is 4.60. The minimum atomic E-state index is -0.762. The molecule has 0 saturated heterocycles. The van der Waals surface area contributed by atoms with Gasteiger partial charge >= 0.3 is 0 Å². The Morgan fingerprint density at radius 3 is 2.54 bits per heavy atom. The van der Waals surface area contributed by atoms with Gasteiger partial charge in [-0.2, -0.15) is 0 Å². The average molecular weight is 379 g/mol. The summed E-state index contributed by atoms with van der Waals surface area (Å²) in [6.45, 7) is 7.77. The molecule has 2 amide bonds. The number of hydrogen-bond acceptors (Lipinski definition) is 3. The highest BCUT2D eigenvalue weighted by Gasteiger charge is 2.19. The SMILES string of the molecule is Cc1ccc(C(C)C)c(OC(C)C(=O)NNC(=O)c2c[nH]c3ccccc23)c1. The fourth-order valence-electron chi connectivity index (χ4n) is 3.01. The van der Waals surface area contributed by atoms with Crippen molar-refractivity contribution in [2.75, 3.05) is 0 Å². The number of fused-ring (bicyclic) bond motifs is 1. The minimum Gasteiger partial charge on any atom is -0.481 e. The Hall–Kier alpha value is -3.28. The van der Waals surface area contributed by atoms with Gasteiger partial charge in [0.2, 0.25) is 0 Å².